The molecule has 1 heterocycles. The van der Waals surface area contributed by atoms with Crippen molar-refractivity contribution in [2.24, 2.45) is 5.92 Å². The summed E-state index contributed by atoms with van der Waals surface area (Å²) in [6.07, 6.45) is 7.23. The monoisotopic (exact) mass is 296 g/mol. The summed E-state index contributed by atoms with van der Waals surface area (Å²) in [5.41, 5.74) is -0.513. The molecule has 2 aliphatic rings. The lowest BCUT2D eigenvalue weighted by Gasteiger charge is -2.38. The van der Waals surface area contributed by atoms with Crippen LogP contribution in [0.5, 0.6) is 0 Å². The Morgan fingerprint density at radius 2 is 1.76 bits per heavy atom. The van der Waals surface area contributed by atoms with Gasteiger partial charge in [-0.2, -0.15) is 0 Å². The molecule has 5 heteroatoms. The standard InChI is InChI=1S/C16H28N2O3/c1-13(12-18-9-5-6-10-18)15(21)17-16(11-14(19)20)7-3-2-4-8-16/h13H,2-12H2,1H3,(H,17,21)(H,19,20). The molecule has 2 N–H and O–H groups in total. The van der Waals surface area contributed by atoms with E-state index in [2.05, 4.69) is 10.2 Å². The van der Waals surface area contributed by atoms with Crippen molar-refractivity contribution in [2.75, 3.05) is 19.6 Å². The quantitative estimate of drug-likeness (QED) is 0.786. The van der Waals surface area contributed by atoms with Gasteiger partial charge in [-0.05, 0) is 38.8 Å². The molecule has 2 rings (SSSR count). The molecule has 120 valence electrons. The van der Waals surface area contributed by atoms with Gasteiger partial charge in [0.2, 0.25) is 5.91 Å². The number of hydrogen-bond donors (Lipinski definition) is 2. The number of nitrogens with one attached hydrogen (secondary N) is 1. The normalized spacial score (nSPS) is 23.7. The number of carboxylic acid groups (broad SMARTS) is 1. The summed E-state index contributed by atoms with van der Waals surface area (Å²) >= 11 is 0. The smallest absolute Gasteiger partial charge is 0.305 e. The molecule has 0 radical (unpaired) electrons. The molecule has 0 aromatic heterocycles. The van der Waals surface area contributed by atoms with E-state index in [-0.39, 0.29) is 18.2 Å². The first kappa shape index (κ1) is 16.3. The van der Waals surface area contributed by atoms with Gasteiger partial charge in [-0.3, -0.25) is 9.59 Å². The zero-order valence-electron chi connectivity index (χ0n) is 13.1. The van der Waals surface area contributed by atoms with E-state index in [9.17, 15) is 9.59 Å². The summed E-state index contributed by atoms with van der Waals surface area (Å²) in [5, 5.41) is 12.2. The number of likely N-dealkylation sites (tertiary alicyclic amines) is 1. The fourth-order valence-electron chi connectivity index (χ4n) is 3.68. The first-order valence-electron chi connectivity index (χ1n) is 8.27. The number of amides is 1. The van der Waals surface area contributed by atoms with Gasteiger partial charge >= 0.3 is 5.97 Å². The van der Waals surface area contributed by atoms with Crippen LogP contribution in [-0.4, -0.2) is 47.1 Å². The highest BCUT2D eigenvalue weighted by Gasteiger charge is 2.36. The van der Waals surface area contributed by atoms with E-state index in [4.69, 9.17) is 5.11 Å². The lowest BCUT2D eigenvalue weighted by molar-refractivity contribution is -0.140. The molecule has 1 aliphatic heterocycles. The van der Waals surface area contributed by atoms with Gasteiger partial charge in [0.1, 0.15) is 0 Å². The van der Waals surface area contributed by atoms with Crippen molar-refractivity contribution in [3.8, 4) is 0 Å². The van der Waals surface area contributed by atoms with E-state index in [1.165, 1.54) is 12.8 Å². The van der Waals surface area contributed by atoms with Crippen molar-refractivity contribution in [1.29, 1.82) is 0 Å². The van der Waals surface area contributed by atoms with Gasteiger partial charge < -0.3 is 15.3 Å². The SMILES string of the molecule is CC(CN1CCCC1)C(=O)NC1(CC(=O)O)CCCCC1. The van der Waals surface area contributed by atoms with Crippen molar-refractivity contribution in [1.82, 2.24) is 10.2 Å². The van der Waals surface area contributed by atoms with Gasteiger partial charge in [-0.15, -0.1) is 0 Å². The van der Waals surface area contributed by atoms with Crippen molar-refractivity contribution >= 4 is 11.9 Å². The lowest BCUT2D eigenvalue weighted by Crippen LogP contribution is -2.53. The maximum atomic E-state index is 12.5. The van der Waals surface area contributed by atoms with Gasteiger partial charge in [-0.1, -0.05) is 26.2 Å². The van der Waals surface area contributed by atoms with Crippen LogP contribution in [-0.2, 0) is 9.59 Å². The molecule has 0 aromatic carbocycles. The van der Waals surface area contributed by atoms with Gasteiger partial charge in [0.05, 0.1) is 12.0 Å². The number of carbonyl (C=O) groups excluding carboxylic acids is 1. The van der Waals surface area contributed by atoms with Crippen LogP contribution in [0.15, 0.2) is 0 Å². The highest BCUT2D eigenvalue weighted by atomic mass is 16.4. The predicted octanol–water partition coefficient (Wildman–Crippen LogP) is 2.01. The Balaban J connectivity index is 1.91. The fraction of sp³-hybridized carbons (Fsp3) is 0.875. The molecule has 1 saturated heterocycles. The first-order valence-corrected chi connectivity index (χ1v) is 8.27. The number of hydrogen-bond acceptors (Lipinski definition) is 3. The van der Waals surface area contributed by atoms with Crippen LogP contribution < -0.4 is 5.32 Å². The van der Waals surface area contributed by atoms with Crippen molar-refractivity contribution in [3.63, 3.8) is 0 Å². The van der Waals surface area contributed by atoms with Gasteiger partial charge in [0, 0.05) is 12.5 Å². The van der Waals surface area contributed by atoms with Crippen LogP contribution in [0, 0.1) is 5.92 Å². The Labute approximate surface area is 127 Å². The summed E-state index contributed by atoms with van der Waals surface area (Å²) in [6.45, 7) is 4.90. The molecule has 5 nitrogen and oxygen atoms in total. The second-order valence-corrected chi connectivity index (χ2v) is 6.81. The maximum Gasteiger partial charge on any atom is 0.305 e. The van der Waals surface area contributed by atoms with Crippen LogP contribution in [0.2, 0.25) is 0 Å². The van der Waals surface area contributed by atoms with Crippen LogP contribution in [0.4, 0.5) is 0 Å². The number of rotatable bonds is 6. The van der Waals surface area contributed by atoms with Crippen molar-refractivity contribution in [2.45, 2.75) is 63.8 Å². The Kier molecular flexibility index (Phi) is 5.62. The number of carbonyl (C=O) groups is 2. The topological polar surface area (TPSA) is 69.6 Å². The summed E-state index contributed by atoms with van der Waals surface area (Å²) in [7, 11) is 0. The van der Waals surface area contributed by atoms with E-state index in [1.54, 1.807) is 0 Å². The molecule has 1 saturated carbocycles. The van der Waals surface area contributed by atoms with Crippen molar-refractivity contribution in [3.05, 3.63) is 0 Å². The van der Waals surface area contributed by atoms with Crippen LogP contribution >= 0.6 is 0 Å². The highest BCUT2D eigenvalue weighted by molar-refractivity contribution is 5.80. The molecule has 0 aromatic rings. The average molecular weight is 296 g/mol. The zero-order valence-corrected chi connectivity index (χ0v) is 13.1. The third-order valence-electron chi connectivity index (χ3n) is 4.87. The summed E-state index contributed by atoms with van der Waals surface area (Å²) in [4.78, 5) is 25.9. The Morgan fingerprint density at radius 3 is 2.33 bits per heavy atom. The number of aliphatic carboxylic acids is 1. The minimum Gasteiger partial charge on any atom is -0.481 e. The largest absolute Gasteiger partial charge is 0.481 e. The second-order valence-electron chi connectivity index (χ2n) is 6.81. The molecular weight excluding hydrogens is 268 g/mol. The first-order chi connectivity index (χ1) is 10.0. The molecule has 1 unspecified atom stereocenters. The molecule has 1 aliphatic carbocycles. The summed E-state index contributed by atoms with van der Waals surface area (Å²) in [5.74, 6) is -0.870. The summed E-state index contributed by atoms with van der Waals surface area (Å²) in [6, 6.07) is 0. The van der Waals surface area contributed by atoms with Gasteiger partial charge in [-0.25, -0.2) is 0 Å². The molecule has 21 heavy (non-hydrogen) atoms. The van der Waals surface area contributed by atoms with Crippen LogP contribution in [0.1, 0.15) is 58.3 Å². The molecule has 0 spiro atoms. The molecule has 0 bridgehead atoms. The van der Waals surface area contributed by atoms with E-state index >= 15 is 0 Å². The Hall–Kier alpha value is -1.10. The predicted molar refractivity (Wildman–Crippen MR) is 81.0 cm³/mol. The minimum atomic E-state index is -0.815. The third-order valence-corrected chi connectivity index (χ3v) is 4.87. The third kappa shape index (κ3) is 4.70. The van der Waals surface area contributed by atoms with Crippen LogP contribution in [0.25, 0.3) is 0 Å². The molecule has 2 fully saturated rings. The van der Waals surface area contributed by atoms with Crippen LogP contribution in [0.3, 0.4) is 0 Å². The molecule has 1 atom stereocenters. The second kappa shape index (κ2) is 7.25. The van der Waals surface area contributed by atoms with Gasteiger partial charge in [0.25, 0.3) is 0 Å². The zero-order chi connectivity index (χ0) is 15.3. The van der Waals surface area contributed by atoms with E-state index in [0.29, 0.717) is 0 Å². The Morgan fingerprint density at radius 1 is 1.14 bits per heavy atom. The molecule has 1 amide bonds. The van der Waals surface area contributed by atoms with E-state index in [1.807, 2.05) is 6.92 Å². The number of carboxylic acids is 1. The highest BCUT2D eigenvalue weighted by Crippen LogP contribution is 2.31. The maximum absolute atomic E-state index is 12.5. The average Bonchev–Trinajstić information content (AvgIpc) is 2.91. The van der Waals surface area contributed by atoms with E-state index < -0.39 is 11.5 Å². The fourth-order valence-corrected chi connectivity index (χ4v) is 3.68. The lowest BCUT2D eigenvalue weighted by atomic mass is 9.79. The number of nitrogens with zero attached hydrogens (tertiary/aromatic N) is 1. The van der Waals surface area contributed by atoms with Crippen molar-refractivity contribution < 1.29 is 14.7 Å². The molecular formula is C16H28N2O3. The summed E-state index contributed by atoms with van der Waals surface area (Å²) < 4.78 is 0. The minimum absolute atomic E-state index is 0.0186. The Bertz CT molecular complexity index is 372. The van der Waals surface area contributed by atoms with Gasteiger partial charge in [0.15, 0.2) is 0 Å². The van der Waals surface area contributed by atoms with E-state index in [0.717, 1.165) is 51.7 Å².